The van der Waals surface area contributed by atoms with Crippen molar-refractivity contribution in [2.45, 2.75) is 50.5 Å². The number of hydrogen-bond acceptors (Lipinski definition) is 4. The molecule has 0 radical (unpaired) electrons. The maximum atomic E-state index is 11.1. The molecule has 5 nitrogen and oxygen atoms in total. The van der Waals surface area contributed by atoms with E-state index in [-0.39, 0.29) is 18.4 Å². The number of hydrogen-bond donors (Lipinski definition) is 1. The Balaban J connectivity index is 1.68. The highest BCUT2D eigenvalue weighted by molar-refractivity contribution is 5.70. The quantitative estimate of drug-likeness (QED) is 0.490. The third-order valence-corrected chi connectivity index (χ3v) is 6.11. The number of nitrogens with zero attached hydrogens (tertiary/aromatic N) is 1. The summed E-state index contributed by atoms with van der Waals surface area (Å²) in [5.74, 6) is 0.808. The Kier molecular flexibility index (Phi) is 7.05. The fourth-order valence-electron chi connectivity index (χ4n) is 4.41. The summed E-state index contributed by atoms with van der Waals surface area (Å²) in [6.45, 7) is 0. The summed E-state index contributed by atoms with van der Waals surface area (Å²) in [6, 6.07) is 18.1. The first-order valence-corrected chi connectivity index (χ1v) is 11.2. The number of carboxylic acids is 1. The lowest BCUT2D eigenvalue weighted by Crippen LogP contribution is -2.12. The fourth-order valence-corrected chi connectivity index (χ4v) is 4.41. The van der Waals surface area contributed by atoms with Gasteiger partial charge in [-0.1, -0.05) is 30.3 Å². The van der Waals surface area contributed by atoms with E-state index in [1.807, 2.05) is 54.9 Å². The van der Waals surface area contributed by atoms with Gasteiger partial charge in [-0.2, -0.15) is 0 Å². The Bertz CT molecular complexity index is 1030. The van der Waals surface area contributed by atoms with Crippen molar-refractivity contribution in [1.29, 1.82) is 0 Å². The van der Waals surface area contributed by atoms with Gasteiger partial charge in [0.15, 0.2) is 11.5 Å². The molecule has 166 valence electrons. The van der Waals surface area contributed by atoms with Gasteiger partial charge in [0.05, 0.1) is 19.6 Å². The fraction of sp³-hybridized carbons (Fsp3) is 0.333. The molecular weight excluding hydrogens is 402 g/mol. The number of rotatable bonds is 9. The van der Waals surface area contributed by atoms with E-state index >= 15 is 0 Å². The van der Waals surface area contributed by atoms with Crippen LogP contribution in [0.2, 0.25) is 0 Å². The second kappa shape index (κ2) is 10.3. The van der Waals surface area contributed by atoms with Crippen LogP contribution in [0.15, 0.2) is 67.0 Å². The molecule has 1 heterocycles. The Morgan fingerprint density at radius 2 is 1.66 bits per heavy atom. The number of pyridine rings is 1. The summed E-state index contributed by atoms with van der Waals surface area (Å²) in [5.41, 5.74) is 4.26. The highest BCUT2D eigenvalue weighted by atomic mass is 16.5. The third kappa shape index (κ3) is 5.47. The lowest BCUT2D eigenvalue weighted by Gasteiger charge is -2.22. The second-order valence-electron chi connectivity index (χ2n) is 8.36. The monoisotopic (exact) mass is 431 g/mol. The molecule has 5 heteroatoms. The SMILES string of the molecule is COc1ccc([C@H](Cc2ccncc2)c2ccc(CC(=O)O)cc2)cc1OC1CCCC1. The largest absolute Gasteiger partial charge is 0.493 e. The minimum Gasteiger partial charge on any atom is -0.493 e. The Morgan fingerprint density at radius 1 is 0.969 bits per heavy atom. The van der Waals surface area contributed by atoms with E-state index in [0.29, 0.717) is 0 Å². The molecule has 1 atom stereocenters. The molecule has 0 amide bonds. The second-order valence-corrected chi connectivity index (χ2v) is 8.36. The first-order valence-electron chi connectivity index (χ1n) is 11.2. The zero-order chi connectivity index (χ0) is 22.3. The van der Waals surface area contributed by atoms with Crippen LogP contribution in [0.3, 0.4) is 0 Å². The summed E-state index contributed by atoms with van der Waals surface area (Å²) in [7, 11) is 1.67. The van der Waals surface area contributed by atoms with Gasteiger partial charge in [-0.05, 0) is 78.6 Å². The van der Waals surface area contributed by atoms with E-state index in [1.165, 1.54) is 18.4 Å². The van der Waals surface area contributed by atoms with Crippen molar-refractivity contribution >= 4 is 5.97 Å². The van der Waals surface area contributed by atoms with Gasteiger partial charge in [0, 0.05) is 18.3 Å². The molecule has 3 aromatic rings. The summed E-state index contributed by atoms with van der Waals surface area (Å²) < 4.78 is 11.9. The molecular formula is C27H29NO4. The maximum absolute atomic E-state index is 11.1. The molecule has 0 unspecified atom stereocenters. The molecule has 4 rings (SSSR count). The lowest BCUT2D eigenvalue weighted by atomic mass is 9.85. The van der Waals surface area contributed by atoms with Crippen LogP contribution in [0.25, 0.3) is 0 Å². The molecule has 1 saturated carbocycles. The number of aromatic nitrogens is 1. The van der Waals surface area contributed by atoms with Crippen LogP contribution in [0, 0.1) is 0 Å². The zero-order valence-electron chi connectivity index (χ0n) is 18.4. The average molecular weight is 432 g/mol. The van der Waals surface area contributed by atoms with Gasteiger partial charge in [-0.15, -0.1) is 0 Å². The predicted octanol–water partition coefficient (Wildman–Crippen LogP) is 5.41. The number of carboxylic acid groups (broad SMARTS) is 1. The van der Waals surface area contributed by atoms with Crippen LogP contribution in [0.1, 0.15) is 53.9 Å². The Hall–Kier alpha value is -3.34. The van der Waals surface area contributed by atoms with Gasteiger partial charge >= 0.3 is 5.97 Å². The van der Waals surface area contributed by atoms with Gasteiger partial charge < -0.3 is 14.6 Å². The maximum Gasteiger partial charge on any atom is 0.307 e. The third-order valence-electron chi connectivity index (χ3n) is 6.11. The van der Waals surface area contributed by atoms with Crippen LogP contribution in [-0.4, -0.2) is 29.3 Å². The van der Waals surface area contributed by atoms with Crippen LogP contribution in [0.4, 0.5) is 0 Å². The van der Waals surface area contributed by atoms with Gasteiger partial charge in [0.1, 0.15) is 0 Å². The van der Waals surface area contributed by atoms with Gasteiger partial charge in [0.2, 0.25) is 0 Å². The molecule has 0 spiro atoms. The smallest absolute Gasteiger partial charge is 0.307 e. The normalized spacial score (nSPS) is 14.8. The van der Waals surface area contributed by atoms with Crippen molar-refractivity contribution in [3.8, 4) is 11.5 Å². The summed E-state index contributed by atoms with van der Waals surface area (Å²) in [4.78, 5) is 15.2. The minimum absolute atomic E-state index is 0.0250. The van der Waals surface area contributed by atoms with E-state index in [9.17, 15) is 4.79 Å². The van der Waals surface area contributed by atoms with Crippen molar-refractivity contribution < 1.29 is 19.4 Å². The van der Waals surface area contributed by atoms with Crippen molar-refractivity contribution in [2.75, 3.05) is 7.11 Å². The molecule has 0 aliphatic heterocycles. The van der Waals surface area contributed by atoms with Crippen LogP contribution in [0.5, 0.6) is 11.5 Å². The Morgan fingerprint density at radius 3 is 2.31 bits per heavy atom. The zero-order valence-corrected chi connectivity index (χ0v) is 18.4. The first kappa shape index (κ1) is 21.9. The highest BCUT2D eigenvalue weighted by Crippen LogP contribution is 2.37. The molecule has 0 bridgehead atoms. The van der Waals surface area contributed by atoms with Crippen LogP contribution < -0.4 is 9.47 Å². The van der Waals surface area contributed by atoms with Gasteiger partial charge in [-0.25, -0.2) is 0 Å². The van der Waals surface area contributed by atoms with Crippen LogP contribution in [-0.2, 0) is 17.6 Å². The van der Waals surface area contributed by atoms with Gasteiger partial charge in [-0.3, -0.25) is 9.78 Å². The van der Waals surface area contributed by atoms with Crippen molar-refractivity contribution in [2.24, 2.45) is 0 Å². The lowest BCUT2D eigenvalue weighted by molar-refractivity contribution is -0.136. The number of ether oxygens (including phenoxy) is 2. The molecule has 1 aromatic heterocycles. The number of methoxy groups -OCH3 is 1. The molecule has 1 aliphatic rings. The van der Waals surface area contributed by atoms with E-state index < -0.39 is 5.97 Å². The van der Waals surface area contributed by atoms with E-state index in [0.717, 1.165) is 47.5 Å². The summed E-state index contributed by atoms with van der Waals surface area (Å²) in [6.07, 6.45) is 9.27. The van der Waals surface area contributed by atoms with Crippen LogP contribution >= 0.6 is 0 Å². The van der Waals surface area contributed by atoms with Crippen molar-refractivity contribution in [3.05, 3.63) is 89.2 Å². The average Bonchev–Trinajstić information content (AvgIpc) is 3.32. The molecule has 2 aromatic carbocycles. The Labute approximate surface area is 189 Å². The number of aliphatic carboxylic acids is 1. The molecule has 1 N–H and O–H groups in total. The highest BCUT2D eigenvalue weighted by Gasteiger charge is 2.21. The molecule has 1 fully saturated rings. The van der Waals surface area contributed by atoms with E-state index in [2.05, 4.69) is 17.1 Å². The summed E-state index contributed by atoms with van der Waals surface area (Å²) in [5, 5.41) is 9.08. The van der Waals surface area contributed by atoms with Crippen molar-refractivity contribution in [1.82, 2.24) is 4.98 Å². The molecule has 1 aliphatic carbocycles. The topological polar surface area (TPSA) is 68.7 Å². The number of benzene rings is 2. The predicted molar refractivity (Wildman–Crippen MR) is 123 cm³/mol. The summed E-state index contributed by atoms with van der Waals surface area (Å²) >= 11 is 0. The molecule has 0 saturated heterocycles. The van der Waals surface area contributed by atoms with E-state index in [1.54, 1.807) is 7.11 Å². The minimum atomic E-state index is -0.824. The standard InChI is InChI=1S/C27H29NO4/c1-31-25-11-10-22(18-26(25)32-23-4-2-3-5-23)24(16-20-12-14-28-15-13-20)21-8-6-19(7-9-21)17-27(29)30/h6-15,18,23-24H,2-5,16-17H2,1H3,(H,29,30)/t24-/m1/s1. The molecule has 32 heavy (non-hydrogen) atoms. The number of carbonyl (C=O) groups is 1. The van der Waals surface area contributed by atoms with E-state index in [4.69, 9.17) is 14.6 Å². The van der Waals surface area contributed by atoms with Crippen molar-refractivity contribution in [3.63, 3.8) is 0 Å². The van der Waals surface area contributed by atoms with Gasteiger partial charge in [0.25, 0.3) is 0 Å². The first-order chi connectivity index (χ1) is 15.6.